The van der Waals surface area contributed by atoms with Crippen LogP contribution >= 0.6 is 0 Å². The van der Waals surface area contributed by atoms with Gasteiger partial charge in [0, 0.05) is 11.1 Å². The predicted octanol–water partition coefficient (Wildman–Crippen LogP) is 2.92. The van der Waals surface area contributed by atoms with Gasteiger partial charge in [0.05, 0.1) is 0 Å². The molecule has 0 radical (unpaired) electrons. The van der Waals surface area contributed by atoms with Gasteiger partial charge in [0.2, 0.25) is 0 Å². The summed E-state index contributed by atoms with van der Waals surface area (Å²) in [5.41, 5.74) is 6.86. The highest BCUT2D eigenvalue weighted by atomic mass is 14.6. The maximum Gasteiger partial charge on any atom is 0.00651 e. The average molecular weight is 155 g/mol. The van der Waals surface area contributed by atoms with E-state index in [1.165, 1.54) is 0 Å². The van der Waals surface area contributed by atoms with Gasteiger partial charge in [-0.15, -0.1) is 0 Å². The summed E-state index contributed by atoms with van der Waals surface area (Å²) in [5, 5.41) is 0. The summed E-state index contributed by atoms with van der Waals surface area (Å²) in [6, 6.07) is 0. The molecule has 0 unspecified atom stereocenters. The molecule has 0 aliphatic carbocycles. The van der Waals surface area contributed by atoms with Crippen LogP contribution < -0.4 is 5.73 Å². The molecule has 0 aromatic carbocycles. The topological polar surface area (TPSA) is 26.0 Å². The zero-order chi connectivity index (χ0) is 9.28. The lowest BCUT2D eigenvalue weighted by Crippen LogP contribution is -2.26. The summed E-state index contributed by atoms with van der Waals surface area (Å²) < 4.78 is 0. The highest BCUT2D eigenvalue weighted by molar-refractivity contribution is 5.02. The molecule has 2 N–H and O–H groups in total. The Morgan fingerprint density at radius 2 is 1.55 bits per heavy atom. The molecule has 0 aliphatic heterocycles. The molecule has 0 rings (SSSR count). The van der Waals surface area contributed by atoms with Gasteiger partial charge in [0.25, 0.3) is 0 Å². The van der Waals surface area contributed by atoms with E-state index in [0.29, 0.717) is 5.41 Å². The molecule has 0 saturated heterocycles. The van der Waals surface area contributed by atoms with Crippen molar-refractivity contribution >= 4 is 0 Å². The van der Waals surface area contributed by atoms with Crippen LogP contribution in [-0.2, 0) is 0 Å². The van der Waals surface area contributed by atoms with Gasteiger partial charge < -0.3 is 5.73 Å². The Morgan fingerprint density at radius 3 is 1.64 bits per heavy atom. The summed E-state index contributed by atoms with van der Waals surface area (Å²) in [6.45, 7) is 14.7. The van der Waals surface area contributed by atoms with Crippen molar-refractivity contribution < 1.29 is 0 Å². The smallest absolute Gasteiger partial charge is 0.00651 e. The van der Waals surface area contributed by atoms with E-state index >= 15 is 0 Å². The first-order valence-corrected chi connectivity index (χ1v) is 4.10. The number of hydrogen-bond donors (Lipinski definition) is 1. The average Bonchev–Trinajstić information content (AvgIpc) is 1.56. The second kappa shape index (κ2) is 2.88. The predicted molar refractivity (Wildman–Crippen MR) is 51.2 cm³/mol. The van der Waals surface area contributed by atoms with Gasteiger partial charge in [0.1, 0.15) is 0 Å². The molecule has 1 nitrogen and oxygen atoms in total. The van der Waals surface area contributed by atoms with Crippen LogP contribution in [0.3, 0.4) is 0 Å². The number of hydrogen-bond acceptors (Lipinski definition) is 1. The minimum absolute atomic E-state index is 0.0677. The lowest BCUT2D eigenvalue weighted by Gasteiger charge is -2.32. The van der Waals surface area contributed by atoms with E-state index in [2.05, 4.69) is 41.2 Å². The van der Waals surface area contributed by atoms with E-state index in [-0.39, 0.29) is 5.41 Å². The Kier molecular flexibility index (Phi) is 2.76. The Hall–Kier alpha value is -0.460. The lowest BCUT2D eigenvalue weighted by atomic mass is 9.75. The Morgan fingerprint density at radius 1 is 1.18 bits per heavy atom. The van der Waals surface area contributed by atoms with Crippen molar-refractivity contribution in [3.63, 3.8) is 0 Å². The standard InChI is InChI=1S/C10H21N/c1-8(11)10(5,6)7-9(2,3)4/h1,7,11H2,2-6H3. The van der Waals surface area contributed by atoms with Crippen LogP contribution in [0.1, 0.15) is 41.0 Å². The zero-order valence-electron chi connectivity index (χ0n) is 8.49. The number of allylic oxidation sites excluding steroid dienone is 1. The van der Waals surface area contributed by atoms with Crippen molar-refractivity contribution in [2.45, 2.75) is 41.0 Å². The molecule has 66 valence electrons. The molecule has 0 aliphatic rings. The second-order valence-corrected chi connectivity index (χ2v) is 5.15. The van der Waals surface area contributed by atoms with Crippen LogP contribution in [0, 0.1) is 10.8 Å². The van der Waals surface area contributed by atoms with E-state index in [1.807, 2.05) is 0 Å². The fraction of sp³-hybridized carbons (Fsp3) is 0.800. The molecule has 0 aromatic rings. The van der Waals surface area contributed by atoms with Gasteiger partial charge in [0.15, 0.2) is 0 Å². The Labute approximate surface area is 70.7 Å². The van der Waals surface area contributed by atoms with Crippen molar-refractivity contribution in [2.75, 3.05) is 0 Å². The maximum atomic E-state index is 5.68. The van der Waals surface area contributed by atoms with Crippen molar-refractivity contribution in [1.29, 1.82) is 0 Å². The van der Waals surface area contributed by atoms with E-state index in [9.17, 15) is 0 Å². The second-order valence-electron chi connectivity index (χ2n) is 5.15. The number of nitrogens with two attached hydrogens (primary N) is 1. The van der Waals surface area contributed by atoms with Crippen LogP contribution in [0.2, 0.25) is 0 Å². The molecule has 0 spiro atoms. The quantitative estimate of drug-likeness (QED) is 0.652. The van der Waals surface area contributed by atoms with Crippen LogP contribution in [0.4, 0.5) is 0 Å². The maximum absolute atomic E-state index is 5.68. The molecule has 1 heteroatoms. The summed E-state index contributed by atoms with van der Waals surface area (Å²) in [6.07, 6.45) is 1.08. The fourth-order valence-corrected chi connectivity index (χ4v) is 1.44. The largest absolute Gasteiger partial charge is 0.402 e. The molecular weight excluding hydrogens is 134 g/mol. The molecule has 11 heavy (non-hydrogen) atoms. The van der Waals surface area contributed by atoms with Gasteiger partial charge in [-0.05, 0) is 11.8 Å². The molecule has 0 saturated carbocycles. The molecule has 0 heterocycles. The first-order chi connectivity index (χ1) is 4.65. The highest BCUT2D eigenvalue weighted by Crippen LogP contribution is 2.35. The molecular formula is C10H21N. The third-order valence-electron chi connectivity index (χ3n) is 1.84. The van der Waals surface area contributed by atoms with Crippen LogP contribution in [-0.4, -0.2) is 0 Å². The van der Waals surface area contributed by atoms with E-state index in [1.54, 1.807) is 0 Å². The van der Waals surface area contributed by atoms with E-state index in [0.717, 1.165) is 12.1 Å². The zero-order valence-corrected chi connectivity index (χ0v) is 8.49. The van der Waals surface area contributed by atoms with Gasteiger partial charge in [-0.25, -0.2) is 0 Å². The summed E-state index contributed by atoms with van der Waals surface area (Å²) in [7, 11) is 0. The summed E-state index contributed by atoms with van der Waals surface area (Å²) >= 11 is 0. The molecule has 0 amide bonds. The first kappa shape index (κ1) is 10.5. The SMILES string of the molecule is C=C(N)C(C)(C)CC(C)(C)C. The van der Waals surface area contributed by atoms with Crippen LogP contribution in [0.25, 0.3) is 0 Å². The molecule has 0 fully saturated rings. The van der Waals surface area contributed by atoms with Crippen molar-refractivity contribution in [3.05, 3.63) is 12.3 Å². The minimum atomic E-state index is 0.0677. The van der Waals surface area contributed by atoms with Gasteiger partial charge in [-0.3, -0.25) is 0 Å². The molecule has 0 atom stereocenters. The van der Waals surface area contributed by atoms with Crippen LogP contribution in [0.5, 0.6) is 0 Å². The fourth-order valence-electron chi connectivity index (χ4n) is 1.44. The monoisotopic (exact) mass is 155 g/mol. The van der Waals surface area contributed by atoms with Crippen molar-refractivity contribution in [3.8, 4) is 0 Å². The van der Waals surface area contributed by atoms with Crippen molar-refractivity contribution in [2.24, 2.45) is 16.6 Å². The third kappa shape index (κ3) is 4.07. The third-order valence-corrected chi connectivity index (χ3v) is 1.84. The highest BCUT2D eigenvalue weighted by Gasteiger charge is 2.26. The first-order valence-electron chi connectivity index (χ1n) is 4.10. The van der Waals surface area contributed by atoms with Crippen molar-refractivity contribution in [1.82, 2.24) is 0 Å². The van der Waals surface area contributed by atoms with Gasteiger partial charge in [-0.1, -0.05) is 41.2 Å². The Bertz CT molecular complexity index is 149. The summed E-state index contributed by atoms with van der Waals surface area (Å²) in [5.74, 6) is 0. The van der Waals surface area contributed by atoms with E-state index in [4.69, 9.17) is 5.73 Å². The normalized spacial score (nSPS) is 13.2. The molecule has 0 bridgehead atoms. The minimum Gasteiger partial charge on any atom is -0.402 e. The van der Waals surface area contributed by atoms with Crippen LogP contribution in [0.15, 0.2) is 12.3 Å². The lowest BCUT2D eigenvalue weighted by molar-refractivity contribution is 0.248. The van der Waals surface area contributed by atoms with Gasteiger partial charge >= 0.3 is 0 Å². The van der Waals surface area contributed by atoms with Gasteiger partial charge in [-0.2, -0.15) is 0 Å². The molecule has 0 aromatic heterocycles. The summed E-state index contributed by atoms with van der Waals surface area (Å²) in [4.78, 5) is 0. The Balaban J connectivity index is 4.25. The van der Waals surface area contributed by atoms with E-state index < -0.39 is 0 Å². The number of rotatable bonds is 2.